The number of hydrogen-bond donors (Lipinski definition) is 2. The van der Waals surface area contributed by atoms with Gasteiger partial charge in [0.15, 0.2) is 0 Å². The fraction of sp³-hybridized carbons (Fsp3) is 0.452. The van der Waals surface area contributed by atoms with Crippen LogP contribution in [0.4, 0.5) is 28.8 Å². The zero-order chi connectivity index (χ0) is 29.4. The van der Waals surface area contributed by atoms with Crippen molar-refractivity contribution in [2.45, 2.75) is 32.4 Å². The lowest BCUT2D eigenvalue weighted by molar-refractivity contribution is 0.0817. The second-order valence-corrected chi connectivity index (χ2v) is 12.4. The molecule has 0 saturated carbocycles. The van der Waals surface area contributed by atoms with Gasteiger partial charge in [-0.1, -0.05) is 12.1 Å². The van der Waals surface area contributed by atoms with Crippen LogP contribution in [0.1, 0.15) is 34.3 Å². The molecule has 1 aromatic heterocycles. The average Bonchev–Trinajstić information content (AvgIpc) is 3.29. The molecule has 2 N–H and O–H groups in total. The molecule has 3 aromatic rings. The van der Waals surface area contributed by atoms with E-state index in [1.807, 2.05) is 25.2 Å². The molecule has 42 heavy (non-hydrogen) atoms. The van der Waals surface area contributed by atoms with Crippen LogP contribution < -0.4 is 20.3 Å². The molecule has 3 aliphatic heterocycles. The van der Waals surface area contributed by atoms with Gasteiger partial charge in [0.25, 0.3) is 5.91 Å². The fourth-order valence-corrected chi connectivity index (χ4v) is 6.60. The zero-order valence-corrected chi connectivity index (χ0v) is 26.4. The molecule has 2 fully saturated rings. The number of anilines is 5. The maximum absolute atomic E-state index is 12.8. The smallest absolute Gasteiger partial charge is 0.256 e. The van der Waals surface area contributed by atoms with Crippen molar-refractivity contribution in [1.82, 2.24) is 24.7 Å². The maximum atomic E-state index is 12.8. The van der Waals surface area contributed by atoms with E-state index in [1.54, 1.807) is 18.2 Å². The van der Waals surface area contributed by atoms with E-state index in [4.69, 9.17) is 9.72 Å². The Kier molecular flexibility index (Phi) is 8.24. The number of amides is 1. The molecule has 222 valence electrons. The van der Waals surface area contributed by atoms with Gasteiger partial charge in [-0.2, -0.15) is 4.98 Å². The summed E-state index contributed by atoms with van der Waals surface area (Å²) in [6.07, 6.45) is 4.06. The van der Waals surface area contributed by atoms with E-state index in [9.17, 15) is 4.79 Å². The Bertz CT molecular complexity index is 1470. The number of likely N-dealkylation sites (N-methyl/N-ethyl adjacent to an activating group) is 1. The van der Waals surface area contributed by atoms with Crippen LogP contribution >= 0.6 is 15.9 Å². The second-order valence-electron chi connectivity index (χ2n) is 11.5. The maximum Gasteiger partial charge on any atom is 0.256 e. The van der Waals surface area contributed by atoms with E-state index in [-0.39, 0.29) is 5.91 Å². The van der Waals surface area contributed by atoms with Crippen LogP contribution in [-0.2, 0) is 6.54 Å². The number of methoxy groups -OCH3 is 1. The van der Waals surface area contributed by atoms with Gasteiger partial charge in [0.1, 0.15) is 11.6 Å². The number of hydrogen-bond acceptors (Lipinski definition) is 9. The second kappa shape index (κ2) is 12.1. The first-order valence-corrected chi connectivity index (χ1v) is 15.4. The normalized spacial score (nSPS) is 18.4. The number of halogens is 1. The van der Waals surface area contributed by atoms with Crippen molar-refractivity contribution in [3.05, 3.63) is 57.7 Å². The van der Waals surface area contributed by atoms with Crippen molar-refractivity contribution in [3.8, 4) is 5.75 Å². The summed E-state index contributed by atoms with van der Waals surface area (Å²) in [7, 11) is 5.72. The number of aromatic nitrogens is 2. The summed E-state index contributed by atoms with van der Waals surface area (Å²) < 4.78 is 6.52. The van der Waals surface area contributed by atoms with Gasteiger partial charge in [-0.15, -0.1) is 0 Å². The summed E-state index contributed by atoms with van der Waals surface area (Å²) in [5.74, 6) is 1.74. The van der Waals surface area contributed by atoms with E-state index in [0.717, 1.165) is 48.9 Å². The molecule has 11 heteroatoms. The highest BCUT2D eigenvalue weighted by Gasteiger charge is 2.29. The molecule has 3 aliphatic rings. The van der Waals surface area contributed by atoms with Crippen molar-refractivity contribution >= 4 is 50.7 Å². The Morgan fingerprint density at radius 3 is 2.50 bits per heavy atom. The lowest BCUT2D eigenvalue weighted by Gasteiger charge is -2.43. The number of aryl methyl sites for hydroxylation is 1. The number of fused-ring (bicyclic) bond motifs is 1. The molecule has 4 heterocycles. The third kappa shape index (κ3) is 5.77. The Morgan fingerprint density at radius 2 is 1.76 bits per heavy atom. The first-order valence-electron chi connectivity index (χ1n) is 14.6. The Morgan fingerprint density at radius 1 is 1.00 bits per heavy atom. The van der Waals surface area contributed by atoms with Crippen LogP contribution in [-0.4, -0.2) is 97.1 Å². The molecular weight excluding hydrogens is 596 g/mol. The summed E-state index contributed by atoms with van der Waals surface area (Å²) in [5.41, 5.74) is 5.59. The van der Waals surface area contributed by atoms with Gasteiger partial charge in [-0.05, 0) is 66.0 Å². The van der Waals surface area contributed by atoms with Crippen LogP contribution in [0.25, 0.3) is 0 Å². The Labute approximate surface area is 256 Å². The largest absolute Gasteiger partial charge is 0.494 e. The van der Waals surface area contributed by atoms with Crippen molar-refractivity contribution in [3.63, 3.8) is 0 Å². The fourth-order valence-electron chi connectivity index (χ4n) is 6.31. The predicted octanol–water partition coefficient (Wildman–Crippen LogP) is 4.85. The number of ether oxygens (including phenoxy) is 1. The minimum Gasteiger partial charge on any atom is -0.494 e. The molecule has 1 amide bonds. The van der Waals surface area contributed by atoms with Crippen LogP contribution in [0.2, 0.25) is 0 Å². The monoisotopic (exact) mass is 634 g/mol. The highest BCUT2D eigenvalue weighted by atomic mass is 79.9. The van der Waals surface area contributed by atoms with E-state index in [2.05, 4.69) is 72.4 Å². The standard InChI is InChI=1S/C31H39BrN8O2/c1-20-16-25(27(42-4)17-26(20)40-10-8-22(9-11-40)39-14-12-37(2)13-15-39)35-31-33-18-23(32)29(36-31)34-24-7-5-6-21-19-38(3)30(41)28(21)24/h5-7,16-18,22H,8-15,19H2,1-4H3,(H2,33,34,35,36). The summed E-state index contributed by atoms with van der Waals surface area (Å²) in [6.45, 7) is 9.50. The molecule has 2 aromatic carbocycles. The molecule has 0 radical (unpaired) electrons. The number of benzene rings is 2. The minimum absolute atomic E-state index is 0.000448. The van der Waals surface area contributed by atoms with Gasteiger partial charge >= 0.3 is 0 Å². The van der Waals surface area contributed by atoms with Gasteiger partial charge in [0.2, 0.25) is 5.95 Å². The van der Waals surface area contributed by atoms with E-state index in [0.29, 0.717) is 34.4 Å². The van der Waals surface area contributed by atoms with Gasteiger partial charge in [-0.3, -0.25) is 9.69 Å². The first-order chi connectivity index (χ1) is 20.3. The number of nitrogens with one attached hydrogen (secondary N) is 2. The van der Waals surface area contributed by atoms with Crippen LogP contribution in [0.5, 0.6) is 5.75 Å². The van der Waals surface area contributed by atoms with E-state index in [1.165, 1.54) is 37.2 Å². The lowest BCUT2D eigenvalue weighted by atomic mass is 10.0. The predicted molar refractivity (Wildman–Crippen MR) is 171 cm³/mol. The number of rotatable bonds is 7. The zero-order valence-electron chi connectivity index (χ0n) is 24.8. The number of nitrogens with zero attached hydrogens (tertiary/aromatic N) is 6. The molecule has 0 atom stereocenters. The minimum atomic E-state index is 0.000448. The molecule has 0 bridgehead atoms. The van der Waals surface area contributed by atoms with Crippen molar-refractivity contribution in [2.75, 3.05) is 76.0 Å². The topological polar surface area (TPSA) is 89.1 Å². The van der Waals surface area contributed by atoms with Crippen molar-refractivity contribution < 1.29 is 9.53 Å². The van der Waals surface area contributed by atoms with Crippen LogP contribution in [0.3, 0.4) is 0 Å². The van der Waals surface area contributed by atoms with Crippen molar-refractivity contribution in [1.29, 1.82) is 0 Å². The Hall–Kier alpha value is -3.41. The van der Waals surface area contributed by atoms with Crippen LogP contribution in [0.15, 0.2) is 41.0 Å². The number of carbonyl (C=O) groups excluding carboxylic acids is 1. The summed E-state index contributed by atoms with van der Waals surface area (Å²) >= 11 is 3.56. The summed E-state index contributed by atoms with van der Waals surface area (Å²) in [4.78, 5) is 31.3. The Balaban J connectivity index is 1.17. The van der Waals surface area contributed by atoms with Gasteiger partial charge in [0.05, 0.1) is 28.5 Å². The molecular formula is C31H39BrN8O2. The van der Waals surface area contributed by atoms with Gasteiger partial charge < -0.3 is 30.1 Å². The van der Waals surface area contributed by atoms with Crippen LogP contribution in [0, 0.1) is 6.92 Å². The summed E-state index contributed by atoms with van der Waals surface area (Å²) in [6, 6.07) is 10.7. The molecule has 2 saturated heterocycles. The van der Waals surface area contributed by atoms with E-state index >= 15 is 0 Å². The first kappa shape index (κ1) is 28.7. The van der Waals surface area contributed by atoms with Crippen molar-refractivity contribution in [2.24, 2.45) is 0 Å². The quantitative estimate of drug-likeness (QED) is 0.379. The molecule has 0 spiro atoms. The molecule has 6 rings (SSSR count). The average molecular weight is 636 g/mol. The highest BCUT2D eigenvalue weighted by Crippen LogP contribution is 2.37. The van der Waals surface area contributed by atoms with Gasteiger partial charge in [0, 0.05) is 76.9 Å². The van der Waals surface area contributed by atoms with E-state index < -0.39 is 0 Å². The lowest BCUT2D eigenvalue weighted by Crippen LogP contribution is -2.52. The molecule has 0 unspecified atom stereocenters. The van der Waals surface area contributed by atoms with Gasteiger partial charge in [-0.25, -0.2) is 4.98 Å². The number of piperidine rings is 1. The third-order valence-corrected chi connectivity index (χ3v) is 9.32. The third-order valence-electron chi connectivity index (χ3n) is 8.74. The highest BCUT2D eigenvalue weighted by molar-refractivity contribution is 9.10. The SMILES string of the molecule is COc1cc(N2CCC(N3CCN(C)CC3)CC2)c(C)cc1Nc1ncc(Br)c(Nc2cccc3c2C(=O)N(C)C3)n1. The molecule has 10 nitrogen and oxygen atoms in total. The molecule has 0 aliphatic carbocycles. The summed E-state index contributed by atoms with van der Waals surface area (Å²) in [5, 5.41) is 6.70. The number of piperazine rings is 1. The number of carbonyl (C=O) groups is 1.